The fourth-order valence-electron chi connectivity index (χ4n) is 21.2. The number of fused-ring (bicyclic) bond motifs is 15. The molecule has 4 aliphatic rings. The van der Waals surface area contributed by atoms with Gasteiger partial charge in [0.1, 0.15) is 0 Å². The summed E-state index contributed by atoms with van der Waals surface area (Å²) < 4.78 is 4.98. The molecule has 3 aliphatic heterocycles. The van der Waals surface area contributed by atoms with Crippen molar-refractivity contribution in [3.05, 3.63) is 469 Å². The van der Waals surface area contributed by atoms with E-state index in [-0.39, 0.29) is 12.1 Å². The molecule has 0 radical (unpaired) electrons. The zero-order valence-electron chi connectivity index (χ0n) is 66.6. The third-order valence-corrected chi connectivity index (χ3v) is 28.7. The van der Waals surface area contributed by atoms with Gasteiger partial charge in [-0.05, 0) is 172 Å². The van der Waals surface area contributed by atoms with Gasteiger partial charge in [0, 0.05) is 91.0 Å². The first-order chi connectivity index (χ1) is 59.2. The van der Waals surface area contributed by atoms with Crippen molar-refractivity contribution >= 4 is 137 Å². The summed E-state index contributed by atoms with van der Waals surface area (Å²) in [5, 5.41) is 4.90. The number of anilines is 9. The molecule has 0 fully saturated rings. The molecule has 0 atom stereocenters. The number of thiophene rings is 2. The van der Waals surface area contributed by atoms with E-state index < -0.39 is 10.8 Å². The standard InChI is InChI=1S/C114H78BN3S2/c1-112(2,3)81-66-101-107-102(67-81)118(109-87(74-40-14-5-15-41-74)70-89(76-44-18-7-19-45-76)111-106(109)85-56-30-37-63-104(85)120-111)100-71-90-83-54-28-31-57-91(83)113(77-46-20-8-21-47-77,78-48-22-9-23-49-78)94(90)72-96(100)115(107)95-65-64-82(116-97-60-34-32-58-92(97)114(79-50-24-10-25-51-79,80-52-26-11-27-53-80)93-59-33-35-61-98(93)116)68-99(95)117(101)108-86(73-38-12-4-13-39-73)69-88(75-42-16-6-17-43-75)110-105(108)84-55-29-36-62-103(84)119-110/h4-72H,1-3H3. The van der Waals surface area contributed by atoms with Crippen LogP contribution in [0.3, 0.4) is 0 Å². The van der Waals surface area contributed by atoms with Crippen LogP contribution in [0.5, 0.6) is 0 Å². The van der Waals surface area contributed by atoms with Crippen molar-refractivity contribution in [1.29, 1.82) is 0 Å². The Balaban J connectivity index is 0.895. The van der Waals surface area contributed by atoms with Crippen molar-refractivity contribution in [3.8, 4) is 55.6 Å². The zero-order valence-corrected chi connectivity index (χ0v) is 68.2. The number of rotatable bonds is 11. The highest BCUT2D eigenvalue weighted by molar-refractivity contribution is 7.27. The van der Waals surface area contributed by atoms with Crippen molar-refractivity contribution in [3.63, 3.8) is 0 Å². The Morgan fingerprint density at radius 1 is 0.258 bits per heavy atom. The molecule has 0 saturated carbocycles. The van der Waals surface area contributed by atoms with E-state index in [9.17, 15) is 0 Å². The van der Waals surface area contributed by atoms with Crippen LogP contribution in [0.2, 0.25) is 0 Å². The van der Waals surface area contributed by atoms with Crippen LogP contribution >= 0.6 is 22.7 Å². The van der Waals surface area contributed by atoms with Gasteiger partial charge in [-0.2, -0.15) is 0 Å². The SMILES string of the molecule is CC(C)(C)c1cc2c3c(c1)N(c1c(-c4ccccc4)cc(-c4ccccc4)c4sc5ccccc5c14)c1cc4c(cc1B3c1ccc(N3c5ccccc5C(c5ccccc5)(c5ccccc5)c5ccccc53)cc1N2c1c(-c2ccccc2)cc(-c2ccccc2)c2sc3ccccc3c12)C(c1ccccc1)(c1ccccc1)c1ccccc1-4. The van der Waals surface area contributed by atoms with E-state index in [1.54, 1.807) is 0 Å². The molecular formula is C114H78BN3S2. The summed E-state index contributed by atoms with van der Waals surface area (Å²) in [6.07, 6.45) is 0. The third kappa shape index (κ3) is 10.2. The highest BCUT2D eigenvalue weighted by Crippen LogP contribution is 2.64. The van der Waals surface area contributed by atoms with E-state index in [4.69, 9.17) is 0 Å². The van der Waals surface area contributed by atoms with Crippen molar-refractivity contribution < 1.29 is 0 Å². The summed E-state index contributed by atoms with van der Waals surface area (Å²) in [4.78, 5) is 8.21. The first-order valence-electron chi connectivity index (χ1n) is 41.8. The second kappa shape index (κ2) is 27.2. The molecule has 120 heavy (non-hydrogen) atoms. The molecule has 1 aliphatic carbocycles. The Labute approximate surface area is 708 Å². The fraction of sp³-hybridized carbons (Fsp3) is 0.0526. The Morgan fingerprint density at radius 2 is 0.625 bits per heavy atom. The largest absolute Gasteiger partial charge is 0.310 e. The first-order valence-corrected chi connectivity index (χ1v) is 43.5. The van der Waals surface area contributed by atoms with Crippen LogP contribution in [0, 0.1) is 0 Å². The minimum absolute atomic E-state index is 0.351. The second-order valence-electron chi connectivity index (χ2n) is 33.6. The highest BCUT2D eigenvalue weighted by Gasteiger charge is 2.53. The van der Waals surface area contributed by atoms with Gasteiger partial charge in [-0.1, -0.05) is 373 Å². The maximum atomic E-state index is 2.81. The molecule has 5 heterocycles. The Kier molecular flexibility index (Phi) is 15.9. The predicted molar refractivity (Wildman–Crippen MR) is 511 cm³/mol. The highest BCUT2D eigenvalue weighted by atomic mass is 32.1. The lowest BCUT2D eigenvalue weighted by molar-refractivity contribution is 0.590. The van der Waals surface area contributed by atoms with E-state index >= 15 is 0 Å². The molecule has 0 spiro atoms. The number of para-hydroxylation sites is 2. The number of hydrogen-bond acceptors (Lipinski definition) is 5. The number of nitrogens with zero attached hydrogens (tertiary/aromatic N) is 3. The zero-order chi connectivity index (χ0) is 79.5. The molecule has 2 aromatic heterocycles. The summed E-state index contributed by atoms with van der Waals surface area (Å²) in [6.45, 7) is 6.93. The van der Waals surface area contributed by atoms with Gasteiger partial charge in [-0.25, -0.2) is 0 Å². The van der Waals surface area contributed by atoms with E-state index in [1.807, 2.05) is 22.7 Å². The summed E-state index contributed by atoms with van der Waals surface area (Å²) in [5.74, 6) is 0. The van der Waals surface area contributed by atoms with Gasteiger partial charge in [-0.3, -0.25) is 0 Å². The molecule has 564 valence electrons. The molecule has 0 bridgehead atoms. The summed E-state index contributed by atoms with van der Waals surface area (Å²) in [5.41, 5.74) is 35.0. The normalized spacial score (nSPS) is 13.9. The van der Waals surface area contributed by atoms with Crippen LogP contribution in [0.4, 0.5) is 51.2 Å². The first kappa shape index (κ1) is 70.1. The molecule has 20 aromatic rings. The smallest absolute Gasteiger partial charge is 0.252 e. The van der Waals surface area contributed by atoms with Gasteiger partial charge >= 0.3 is 0 Å². The van der Waals surface area contributed by atoms with Gasteiger partial charge in [0.05, 0.1) is 33.6 Å². The second-order valence-corrected chi connectivity index (χ2v) is 35.7. The Hall–Kier alpha value is -14.1. The van der Waals surface area contributed by atoms with E-state index in [2.05, 4.69) is 454 Å². The monoisotopic (exact) mass is 1560 g/mol. The lowest BCUT2D eigenvalue weighted by atomic mass is 9.33. The van der Waals surface area contributed by atoms with Crippen LogP contribution in [0.1, 0.15) is 70.8 Å². The molecule has 24 rings (SSSR count). The average Bonchev–Trinajstić information content (AvgIpc) is 1.51. The van der Waals surface area contributed by atoms with Crippen LogP contribution in [-0.4, -0.2) is 6.71 Å². The molecule has 6 heteroatoms. The van der Waals surface area contributed by atoms with Crippen molar-refractivity contribution in [2.45, 2.75) is 37.0 Å². The number of benzene rings is 18. The van der Waals surface area contributed by atoms with E-state index in [1.165, 1.54) is 140 Å². The molecule has 18 aromatic carbocycles. The third-order valence-electron chi connectivity index (χ3n) is 26.3. The molecule has 0 amide bonds. The summed E-state index contributed by atoms with van der Waals surface area (Å²) in [6, 6.07) is 160. The topological polar surface area (TPSA) is 9.72 Å². The quantitative estimate of drug-likeness (QED) is 0.120. The summed E-state index contributed by atoms with van der Waals surface area (Å²) in [7, 11) is 0. The maximum absolute atomic E-state index is 2.81. The van der Waals surface area contributed by atoms with Gasteiger partial charge in [0.2, 0.25) is 0 Å². The van der Waals surface area contributed by atoms with E-state index in [0.29, 0.717) is 0 Å². The van der Waals surface area contributed by atoms with Crippen molar-refractivity contribution in [1.82, 2.24) is 0 Å². The Bertz CT molecular complexity index is 7380. The van der Waals surface area contributed by atoms with Crippen molar-refractivity contribution in [2.24, 2.45) is 0 Å². The molecule has 3 nitrogen and oxygen atoms in total. The van der Waals surface area contributed by atoms with Gasteiger partial charge in [0.25, 0.3) is 6.71 Å². The fourth-order valence-corrected chi connectivity index (χ4v) is 23.7. The Morgan fingerprint density at radius 3 is 1.07 bits per heavy atom. The van der Waals surface area contributed by atoms with Crippen LogP contribution in [0.25, 0.3) is 96.0 Å². The lowest BCUT2D eigenvalue weighted by Crippen LogP contribution is -2.61. The maximum Gasteiger partial charge on any atom is 0.252 e. The van der Waals surface area contributed by atoms with E-state index in [0.717, 1.165) is 73.4 Å². The lowest BCUT2D eigenvalue weighted by Gasteiger charge is -2.48. The minimum atomic E-state index is -0.731. The van der Waals surface area contributed by atoms with Crippen LogP contribution in [-0.2, 0) is 16.2 Å². The predicted octanol–water partition coefficient (Wildman–Crippen LogP) is 29.0. The van der Waals surface area contributed by atoms with Gasteiger partial charge in [-0.15, -0.1) is 22.7 Å². The average molecular weight is 1560 g/mol. The van der Waals surface area contributed by atoms with Gasteiger partial charge < -0.3 is 14.7 Å². The van der Waals surface area contributed by atoms with Crippen LogP contribution < -0.4 is 31.1 Å². The van der Waals surface area contributed by atoms with Crippen molar-refractivity contribution in [2.75, 3.05) is 14.7 Å². The van der Waals surface area contributed by atoms with Gasteiger partial charge in [0.15, 0.2) is 0 Å². The number of hydrogen-bond donors (Lipinski definition) is 0. The molecule has 0 unspecified atom stereocenters. The molecule has 0 saturated heterocycles. The molecular weight excluding hydrogens is 1490 g/mol. The summed E-state index contributed by atoms with van der Waals surface area (Å²) >= 11 is 3.83. The minimum Gasteiger partial charge on any atom is -0.310 e. The van der Waals surface area contributed by atoms with Crippen LogP contribution in [0.15, 0.2) is 419 Å². The molecule has 0 N–H and O–H groups in total.